The Labute approximate surface area is 139 Å². The molecule has 1 aliphatic rings. The number of ether oxygens (including phenoxy) is 1. The predicted molar refractivity (Wildman–Crippen MR) is 88.7 cm³/mol. The Bertz CT molecular complexity index is 717. The average Bonchev–Trinajstić information content (AvgIpc) is 2.97. The Morgan fingerprint density at radius 1 is 1.17 bits per heavy atom. The lowest BCUT2D eigenvalue weighted by atomic mass is 10.2. The van der Waals surface area contributed by atoms with E-state index < -0.39 is 5.76 Å². The molecule has 2 aromatic rings. The summed E-state index contributed by atoms with van der Waals surface area (Å²) in [5.41, 5.74) is 0.807. The first-order valence-corrected chi connectivity index (χ1v) is 8.05. The molecule has 128 valence electrons. The van der Waals surface area contributed by atoms with Gasteiger partial charge in [-0.1, -0.05) is 30.3 Å². The van der Waals surface area contributed by atoms with Gasteiger partial charge in [-0.15, -0.1) is 0 Å². The minimum Gasteiger partial charge on any atom is -0.408 e. The summed E-state index contributed by atoms with van der Waals surface area (Å²) in [6.45, 7) is 4.54. The average molecular weight is 331 g/mol. The first-order chi connectivity index (χ1) is 11.7. The van der Waals surface area contributed by atoms with Crippen LogP contribution in [0.5, 0.6) is 0 Å². The summed E-state index contributed by atoms with van der Waals surface area (Å²) in [7, 11) is 0. The van der Waals surface area contributed by atoms with Crippen molar-refractivity contribution in [3.8, 4) is 11.3 Å². The maximum Gasteiger partial charge on any atom is 0.419 e. The van der Waals surface area contributed by atoms with E-state index in [0.717, 1.165) is 38.4 Å². The summed E-state index contributed by atoms with van der Waals surface area (Å²) in [5.74, 6) is -0.273. The van der Waals surface area contributed by atoms with Crippen LogP contribution in [-0.4, -0.2) is 54.8 Å². The highest BCUT2D eigenvalue weighted by molar-refractivity contribution is 5.75. The number of nitrogens with zero attached hydrogens (tertiary/aromatic N) is 2. The molecule has 1 aromatic heterocycles. The van der Waals surface area contributed by atoms with E-state index >= 15 is 0 Å². The van der Waals surface area contributed by atoms with Crippen LogP contribution in [-0.2, 0) is 16.1 Å². The van der Waals surface area contributed by atoms with Crippen LogP contribution >= 0.6 is 0 Å². The molecule has 0 bridgehead atoms. The molecule has 0 saturated carbocycles. The van der Waals surface area contributed by atoms with Crippen LogP contribution < -0.4 is 11.1 Å². The van der Waals surface area contributed by atoms with Gasteiger partial charge in [-0.05, 0) is 0 Å². The van der Waals surface area contributed by atoms with Crippen LogP contribution in [0.2, 0.25) is 0 Å². The number of morpholine rings is 1. The van der Waals surface area contributed by atoms with E-state index in [2.05, 4.69) is 10.2 Å². The topological polar surface area (TPSA) is 76.7 Å². The summed E-state index contributed by atoms with van der Waals surface area (Å²) in [4.78, 5) is 26.1. The van der Waals surface area contributed by atoms with Crippen LogP contribution in [0.25, 0.3) is 11.3 Å². The maximum absolute atomic E-state index is 12.0. The van der Waals surface area contributed by atoms with Gasteiger partial charge < -0.3 is 14.5 Å². The molecule has 0 aliphatic carbocycles. The third-order valence-corrected chi connectivity index (χ3v) is 3.93. The van der Waals surface area contributed by atoms with E-state index in [-0.39, 0.29) is 12.5 Å². The van der Waals surface area contributed by atoms with E-state index in [1.807, 2.05) is 30.3 Å². The standard InChI is InChI=1S/C17H21N3O4/c21-16(18-6-7-19-8-10-23-11-9-19)13-20-12-15(24-17(20)22)14-4-2-1-3-5-14/h1-5,12H,6-11,13H2,(H,18,21). The SMILES string of the molecule is O=C(Cn1cc(-c2ccccc2)oc1=O)NCCN1CCOCC1. The van der Waals surface area contributed by atoms with E-state index in [1.165, 1.54) is 4.57 Å². The van der Waals surface area contributed by atoms with E-state index in [0.29, 0.717) is 12.3 Å². The Morgan fingerprint density at radius 2 is 1.92 bits per heavy atom. The number of oxazole rings is 1. The molecule has 1 aromatic carbocycles. The third-order valence-electron chi connectivity index (χ3n) is 3.93. The second-order valence-electron chi connectivity index (χ2n) is 5.66. The molecule has 1 saturated heterocycles. The van der Waals surface area contributed by atoms with Crippen molar-refractivity contribution in [3.63, 3.8) is 0 Å². The quantitative estimate of drug-likeness (QED) is 0.837. The predicted octanol–water partition coefficient (Wildman–Crippen LogP) is 0.557. The number of hydrogen-bond donors (Lipinski definition) is 1. The van der Waals surface area contributed by atoms with Crippen molar-refractivity contribution in [2.45, 2.75) is 6.54 Å². The van der Waals surface area contributed by atoms with Crippen molar-refractivity contribution in [1.29, 1.82) is 0 Å². The second kappa shape index (κ2) is 7.94. The fourth-order valence-electron chi connectivity index (χ4n) is 2.61. The maximum atomic E-state index is 12.0. The van der Waals surface area contributed by atoms with Crippen molar-refractivity contribution in [3.05, 3.63) is 47.1 Å². The molecule has 2 heterocycles. The number of nitrogens with one attached hydrogen (secondary N) is 1. The highest BCUT2D eigenvalue weighted by Crippen LogP contribution is 2.16. The lowest BCUT2D eigenvalue weighted by Gasteiger charge is -2.26. The smallest absolute Gasteiger partial charge is 0.408 e. The molecule has 24 heavy (non-hydrogen) atoms. The zero-order valence-electron chi connectivity index (χ0n) is 13.4. The number of aromatic nitrogens is 1. The molecule has 1 fully saturated rings. The van der Waals surface area contributed by atoms with Crippen molar-refractivity contribution in [2.24, 2.45) is 0 Å². The van der Waals surface area contributed by atoms with Crippen LogP contribution in [0.4, 0.5) is 0 Å². The van der Waals surface area contributed by atoms with Gasteiger partial charge in [-0.25, -0.2) is 4.79 Å². The number of carbonyl (C=O) groups is 1. The molecule has 0 unspecified atom stereocenters. The van der Waals surface area contributed by atoms with Crippen molar-refractivity contribution in [1.82, 2.24) is 14.8 Å². The van der Waals surface area contributed by atoms with Crippen LogP contribution in [0.1, 0.15) is 0 Å². The van der Waals surface area contributed by atoms with Crippen LogP contribution in [0.15, 0.2) is 45.7 Å². The van der Waals surface area contributed by atoms with Gasteiger partial charge in [0.05, 0.1) is 19.4 Å². The molecule has 1 aliphatic heterocycles. The van der Waals surface area contributed by atoms with Gasteiger partial charge in [0.15, 0.2) is 5.76 Å². The molecule has 7 nitrogen and oxygen atoms in total. The normalized spacial score (nSPS) is 15.3. The summed E-state index contributed by atoms with van der Waals surface area (Å²) >= 11 is 0. The van der Waals surface area contributed by atoms with Gasteiger partial charge >= 0.3 is 5.76 Å². The van der Waals surface area contributed by atoms with E-state index in [9.17, 15) is 9.59 Å². The molecule has 3 rings (SSSR count). The fraction of sp³-hybridized carbons (Fsp3) is 0.412. The van der Waals surface area contributed by atoms with Crippen LogP contribution in [0.3, 0.4) is 0 Å². The molecule has 0 spiro atoms. The molecular weight excluding hydrogens is 310 g/mol. The summed E-state index contributed by atoms with van der Waals surface area (Å²) < 4.78 is 11.8. The fourth-order valence-corrected chi connectivity index (χ4v) is 2.61. The summed E-state index contributed by atoms with van der Waals surface area (Å²) in [6.07, 6.45) is 1.57. The van der Waals surface area contributed by atoms with Crippen molar-refractivity contribution in [2.75, 3.05) is 39.4 Å². The van der Waals surface area contributed by atoms with E-state index in [1.54, 1.807) is 6.20 Å². The molecular formula is C17H21N3O4. The van der Waals surface area contributed by atoms with Crippen LogP contribution in [0, 0.1) is 0 Å². The van der Waals surface area contributed by atoms with Gasteiger partial charge in [-0.3, -0.25) is 14.3 Å². The molecule has 0 radical (unpaired) electrons. The highest BCUT2D eigenvalue weighted by Gasteiger charge is 2.12. The Morgan fingerprint density at radius 3 is 2.67 bits per heavy atom. The van der Waals surface area contributed by atoms with Gasteiger partial charge in [0.2, 0.25) is 5.91 Å². The number of amides is 1. The monoisotopic (exact) mass is 331 g/mol. The second-order valence-corrected chi connectivity index (χ2v) is 5.66. The Hall–Kier alpha value is -2.38. The van der Waals surface area contributed by atoms with Gasteiger partial charge in [0.1, 0.15) is 6.54 Å². The van der Waals surface area contributed by atoms with E-state index in [4.69, 9.17) is 9.15 Å². The molecule has 1 N–H and O–H groups in total. The first-order valence-electron chi connectivity index (χ1n) is 8.05. The lowest BCUT2D eigenvalue weighted by Crippen LogP contribution is -2.42. The minimum atomic E-state index is -0.530. The van der Waals surface area contributed by atoms with Crippen molar-refractivity contribution >= 4 is 5.91 Å². The highest BCUT2D eigenvalue weighted by atomic mass is 16.5. The minimum absolute atomic E-state index is 0.0434. The largest absolute Gasteiger partial charge is 0.419 e. The summed E-state index contributed by atoms with van der Waals surface area (Å²) in [6, 6.07) is 9.33. The number of rotatable bonds is 6. The lowest BCUT2D eigenvalue weighted by molar-refractivity contribution is -0.121. The summed E-state index contributed by atoms with van der Waals surface area (Å²) in [5, 5.41) is 2.83. The molecule has 0 atom stereocenters. The molecule has 7 heteroatoms. The van der Waals surface area contributed by atoms with Gasteiger partial charge in [0.25, 0.3) is 0 Å². The number of benzene rings is 1. The Balaban J connectivity index is 1.51. The number of hydrogen-bond acceptors (Lipinski definition) is 5. The van der Waals surface area contributed by atoms with Gasteiger partial charge in [-0.2, -0.15) is 0 Å². The van der Waals surface area contributed by atoms with Crippen molar-refractivity contribution < 1.29 is 13.9 Å². The zero-order chi connectivity index (χ0) is 16.8. The number of carbonyl (C=O) groups excluding carboxylic acids is 1. The Kier molecular flexibility index (Phi) is 5.45. The zero-order valence-corrected chi connectivity index (χ0v) is 13.4. The first kappa shape index (κ1) is 16.5. The third kappa shape index (κ3) is 4.33. The van der Waals surface area contributed by atoms with Gasteiger partial charge in [0, 0.05) is 31.7 Å². The molecule has 1 amide bonds.